The molecule has 4 aromatic rings. The van der Waals surface area contributed by atoms with Crippen LogP contribution in [0.5, 0.6) is 11.6 Å². The molecular weight excluding hydrogens is 376 g/mol. The average molecular weight is 396 g/mol. The first-order valence-corrected chi connectivity index (χ1v) is 9.83. The maximum absolute atomic E-state index is 12.7. The van der Waals surface area contributed by atoms with E-state index in [1.165, 1.54) is 0 Å². The van der Waals surface area contributed by atoms with Gasteiger partial charge in [-0.15, -0.1) is 0 Å². The quantitative estimate of drug-likeness (QED) is 0.564. The van der Waals surface area contributed by atoms with Gasteiger partial charge in [-0.2, -0.15) is 0 Å². The molecule has 1 aliphatic heterocycles. The Hall–Kier alpha value is -3.86. The van der Waals surface area contributed by atoms with E-state index in [9.17, 15) is 9.90 Å². The van der Waals surface area contributed by atoms with Gasteiger partial charge in [-0.25, -0.2) is 4.99 Å². The van der Waals surface area contributed by atoms with Crippen LogP contribution in [-0.2, 0) is 17.8 Å². The molecular formula is C25H20N2O3. The Morgan fingerprint density at radius 1 is 0.967 bits per heavy atom. The van der Waals surface area contributed by atoms with Crippen LogP contribution in [0.2, 0.25) is 0 Å². The van der Waals surface area contributed by atoms with Gasteiger partial charge in [0.25, 0.3) is 5.91 Å². The topological polar surface area (TPSA) is 63.8 Å². The number of aryl methyl sites for hydroxylation is 2. The number of aromatic hydroxyl groups is 1. The Kier molecular flexibility index (Phi) is 4.36. The summed E-state index contributed by atoms with van der Waals surface area (Å²) in [5.41, 5.74) is 3.05. The predicted molar refractivity (Wildman–Crippen MR) is 115 cm³/mol. The molecule has 0 saturated heterocycles. The lowest BCUT2D eigenvalue weighted by molar-refractivity contribution is -0.112. The summed E-state index contributed by atoms with van der Waals surface area (Å²) in [5, 5.41) is 13.5. The highest BCUT2D eigenvalue weighted by Gasteiger charge is 2.26. The maximum Gasteiger partial charge on any atom is 0.279 e. The molecule has 0 unspecified atom stereocenters. The molecule has 0 fully saturated rings. The summed E-state index contributed by atoms with van der Waals surface area (Å²) in [6, 6.07) is 23.1. The van der Waals surface area contributed by atoms with Crippen molar-refractivity contribution in [3.8, 4) is 11.6 Å². The lowest BCUT2D eigenvalue weighted by Gasteiger charge is -2.08. The van der Waals surface area contributed by atoms with Gasteiger partial charge in [0.2, 0.25) is 0 Å². The van der Waals surface area contributed by atoms with Gasteiger partial charge in [-0.1, -0.05) is 48.5 Å². The maximum atomic E-state index is 12.7. The van der Waals surface area contributed by atoms with Gasteiger partial charge in [0.15, 0.2) is 5.88 Å². The second-order valence-electron chi connectivity index (χ2n) is 7.27. The summed E-state index contributed by atoms with van der Waals surface area (Å²) in [5.74, 6) is 0.596. The van der Waals surface area contributed by atoms with Crippen LogP contribution < -0.4 is 15.3 Å². The molecule has 148 valence electrons. The minimum Gasteiger partial charge on any atom is -0.497 e. The van der Waals surface area contributed by atoms with Crippen LogP contribution in [-0.4, -0.2) is 22.7 Å². The van der Waals surface area contributed by atoms with Crippen LogP contribution in [0, 0.1) is 0 Å². The number of nitrogens with zero attached hydrogens (tertiary/aromatic N) is 2. The van der Waals surface area contributed by atoms with E-state index >= 15 is 0 Å². The number of para-hydroxylation sites is 2. The monoisotopic (exact) mass is 396 g/mol. The molecule has 0 aliphatic carbocycles. The summed E-state index contributed by atoms with van der Waals surface area (Å²) in [7, 11) is 1.65. The van der Waals surface area contributed by atoms with Gasteiger partial charge in [0, 0.05) is 17.1 Å². The van der Waals surface area contributed by atoms with Gasteiger partial charge in [0.05, 0.1) is 29.1 Å². The summed E-state index contributed by atoms with van der Waals surface area (Å²) in [4.78, 5) is 16.9. The third-order valence-electron chi connectivity index (χ3n) is 5.59. The zero-order valence-electron chi connectivity index (χ0n) is 16.5. The van der Waals surface area contributed by atoms with Crippen LogP contribution in [0.1, 0.15) is 11.1 Å². The van der Waals surface area contributed by atoms with Crippen LogP contribution in [0.3, 0.4) is 0 Å². The number of hydrogen-bond donors (Lipinski definition) is 1. The highest BCUT2D eigenvalue weighted by Crippen LogP contribution is 2.36. The number of amides is 1. The highest BCUT2D eigenvalue weighted by atomic mass is 16.5. The van der Waals surface area contributed by atoms with Crippen LogP contribution >= 0.6 is 0 Å². The molecule has 0 atom stereocenters. The third kappa shape index (κ3) is 2.87. The average Bonchev–Trinajstić information content (AvgIpc) is 3.25. The smallest absolute Gasteiger partial charge is 0.279 e. The number of hydrogen-bond acceptors (Lipinski definition) is 3. The molecule has 30 heavy (non-hydrogen) atoms. The van der Waals surface area contributed by atoms with Gasteiger partial charge in [0.1, 0.15) is 5.75 Å². The number of aromatic nitrogens is 1. The number of benzene rings is 3. The molecule has 0 spiro atoms. The van der Waals surface area contributed by atoms with E-state index in [0.717, 1.165) is 33.9 Å². The summed E-state index contributed by atoms with van der Waals surface area (Å²) in [6.07, 6.45) is 0.736. The molecule has 2 heterocycles. The van der Waals surface area contributed by atoms with E-state index in [1.807, 2.05) is 77.4 Å². The second-order valence-corrected chi connectivity index (χ2v) is 7.27. The minimum atomic E-state index is -0.315. The molecule has 1 amide bonds. The zero-order valence-corrected chi connectivity index (χ0v) is 16.5. The Morgan fingerprint density at radius 2 is 1.70 bits per heavy atom. The van der Waals surface area contributed by atoms with Gasteiger partial charge >= 0.3 is 0 Å². The molecule has 1 aliphatic rings. The van der Waals surface area contributed by atoms with Crippen molar-refractivity contribution in [2.75, 3.05) is 7.11 Å². The molecule has 0 bridgehead atoms. The van der Waals surface area contributed by atoms with E-state index in [-0.39, 0.29) is 11.8 Å². The van der Waals surface area contributed by atoms with Crippen molar-refractivity contribution in [2.24, 2.45) is 4.99 Å². The largest absolute Gasteiger partial charge is 0.497 e. The van der Waals surface area contributed by atoms with Crippen molar-refractivity contribution in [3.63, 3.8) is 0 Å². The first-order chi connectivity index (χ1) is 14.7. The van der Waals surface area contributed by atoms with Crippen molar-refractivity contribution < 1.29 is 14.6 Å². The Bertz CT molecular complexity index is 1400. The number of methoxy groups -OCH3 is 1. The van der Waals surface area contributed by atoms with Gasteiger partial charge in [-0.3, -0.25) is 4.79 Å². The van der Waals surface area contributed by atoms with Crippen molar-refractivity contribution in [2.45, 2.75) is 13.0 Å². The number of rotatable bonds is 5. The predicted octanol–water partition coefficient (Wildman–Crippen LogP) is 2.96. The van der Waals surface area contributed by atoms with E-state index in [0.29, 0.717) is 23.0 Å². The molecule has 0 radical (unpaired) electrons. The fourth-order valence-electron chi connectivity index (χ4n) is 4.10. The lowest BCUT2D eigenvalue weighted by Crippen LogP contribution is -2.22. The Morgan fingerprint density at radius 3 is 2.50 bits per heavy atom. The second kappa shape index (κ2) is 7.19. The molecule has 3 aromatic carbocycles. The molecule has 5 nitrogen and oxygen atoms in total. The third-order valence-corrected chi connectivity index (χ3v) is 5.59. The van der Waals surface area contributed by atoms with Crippen molar-refractivity contribution in [1.82, 2.24) is 4.57 Å². The SMILES string of the molecule is COc1ccc(CCn2c(O)c(C3=c4ccccc4=NC3=O)c3ccccc32)cc1. The molecule has 5 rings (SSSR count). The number of carbonyl (C=O) groups is 1. The van der Waals surface area contributed by atoms with E-state index < -0.39 is 0 Å². The Balaban J connectivity index is 1.63. The highest BCUT2D eigenvalue weighted by molar-refractivity contribution is 6.24. The molecule has 5 heteroatoms. The van der Waals surface area contributed by atoms with E-state index in [4.69, 9.17) is 4.74 Å². The zero-order chi connectivity index (χ0) is 20.7. The van der Waals surface area contributed by atoms with Gasteiger partial charge < -0.3 is 14.4 Å². The van der Waals surface area contributed by atoms with Crippen molar-refractivity contribution in [1.29, 1.82) is 0 Å². The summed E-state index contributed by atoms with van der Waals surface area (Å²) < 4.78 is 7.09. The van der Waals surface area contributed by atoms with Crippen LogP contribution in [0.25, 0.3) is 16.5 Å². The molecule has 1 aromatic heterocycles. The number of ether oxygens (including phenoxy) is 1. The number of fused-ring (bicyclic) bond motifs is 2. The van der Waals surface area contributed by atoms with Crippen LogP contribution in [0.15, 0.2) is 77.8 Å². The van der Waals surface area contributed by atoms with E-state index in [1.54, 1.807) is 7.11 Å². The van der Waals surface area contributed by atoms with Gasteiger partial charge in [-0.05, 0) is 36.2 Å². The summed E-state index contributed by atoms with van der Waals surface area (Å²) >= 11 is 0. The first kappa shape index (κ1) is 18.2. The van der Waals surface area contributed by atoms with Crippen LogP contribution in [0.4, 0.5) is 0 Å². The fourth-order valence-corrected chi connectivity index (χ4v) is 4.10. The molecule has 0 saturated carbocycles. The molecule has 1 N–H and O–H groups in total. The van der Waals surface area contributed by atoms with Crippen molar-refractivity contribution >= 4 is 22.4 Å². The van der Waals surface area contributed by atoms with Crippen molar-refractivity contribution in [3.05, 3.63) is 94.5 Å². The first-order valence-electron chi connectivity index (χ1n) is 9.83. The Labute approximate surface area is 173 Å². The fraction of sp³-hybridized carbons (Fsp3) is 0.120. The van der Waals surface area contributed by atoms with E-state index in [2.05, 4.69) is 4.99 Å². The normalized spacial score (nSPS) is 12.8. The summed E-state index contributed by atoms with van der Waals surface area (Å²) in [6.45, 7) is 0.582. The minimum absolute atomic E-state index is 0.0972. The lowest BCUT2D eigenvalue weighted by atomic mass is 10.0. The standard InChI is InChI=1S/C25H20N2O3/c1-30-17-12-10-16(11-13-17)14-15-27-21-9-5-3-7-19(21)23(25(27)29)22-18-6-2-4-8-20(18)26-24(22)28/h2-13,29H,14-15H2,1H3. The number of carbonyl (C=O) groups excluding carboxylic acids is 1.